The van der Waals surface area contributed by atoms with Gasteiger partial charge in [-0.05, 0) is 91.7 Å². The van der Waals surface area contributed by atoms with Crippen LogP contribution in [-0.2, 0) is 6.18 Å². The zero-order chi connectivity index (χ0) is 26.4. The van der Waals surface area contributed by atoms with Gasteiger partial charge in [0, 0.05) is 30.3 Å². The Morgan fingerprint density at radius 2 is 1.92 bits per heavy atom. The minimum absolute atomic E-state index is 0.0545. The Kier molecular flexibility index (Phi) is 8.70. The second-order valence-corrected chi connectivity index (χ2v) is 9.48. The Hall–Kier alpha value is -3.12. The minimum Gasteiger partial charge on any atom is -0.497 e. The van der Waals surface area contributed by atoms with Crippen LogP contribution in [0.15, 0.2) is 54.7 Å². The number of aliphatic hydroxyl groups is 2. The van der Waals surface area contributed by atoms with Gasteiger partial charge < -0.3 is 14.9 Å². The molecule has 5 nitrogen and oxygen atoms in total. The molecular formula is C29H31F3N2O3. The lowest BCUT2D eigenvalue weighted by Gasteiger charge is -2.37. The number of alkyl halides is 3. The largest absolute Gasteiger partial charge is 0.497 e. The van der Waals surface area contributed by atoms with E-state index in [0.29, 0.717) is 30.8 Å². The highest BCUT2D eigenvalue weighted by molar-refractivity contribution is 5.83. The molecular weight excluding hydrogens is 481 g/mol. The van der Waals surface area contributed by atoms with Crippen molar-refractivity contribution >= 4 is 10.9 Å². The molecule has 1 saturated heterocycles. The summed E-state index contributed by atoms with van der Waals surface area (Å²) in [6.07, 6.45) is -1.06. The van der Waals surface area contributed by atoms with Crippen LogP contribution in [-0.4, -0.2) is 53.4 Å². The van der Waals surface area contributed by atoms with Gasteiger partial charge in [0.15, 0.2) is 0 Å². The molecule has 0 radical (unpaired) electrons. The van der Waals surface area contributed by atoms with Crippen LogP contribution in [0.4, 0.5) is 13.2 Å². The number of likely N-dealkylation sites (tertiary alicyclic amines) is 1. The SMILES string of the molecule is COc1ccc2nccc([C@@H](O)CC[C@@H]3CCN(CC#Cc4ccc(C(F)(F)F)cc4)C[C@@H]3CO)c2c1. The summed E-state index contributed by atoms with van der Waals surface area (Å²) < 4.78 is 43.5. The lowest BCUT2D eigenvalue weighted by Crippen LogP contribution is -2.42. The van der Waals surface area contributed by atoms with Gasteiger partial charge in [-0.25, -0.2) is 0 Å². The van der Waals surface area contributed by atoms with Gasteiger partial charge in [-0.2, -0.15) is 13.2 Å². The number of aliphatic hydroxyl groups excluding tert-OH is 2. The van der Waals surface area contributed by atoms with E-state index in [0.717, 1.165) is 48.0 Å². The molecule has 196 valence electrons. The Morgan fingerprint density at radius 1 is 1.14 bits per heavy atom. The lowest BCUT2D eigenvalue weighted by atomic mass is 9.81. The van der Waals surface area contributed by atoms with Crippen LogP contribution in [0.1, 0.15) is 42.1 Å². The van der Waals surface area contributed by atoms with Crippen molar-refractivity contribution in [2.45, 2.75) is 31.5 Å². The van der Waals surface area contributed by atoms with Crippen molar-refractivity contribution in [3.63, 3.8) is 0 Å². The molecule has 2 heterocycles. The number of hydrogen-bond acceptors (Lipinski definition) is 5. The van der Waals surface area contributed by atoms with Gasteiger partial charge in [-0.1, -0.05) is 11.8 Å². The molecule has 0 unspecified atom stereocenters. The van der Waals surface area contributed by atoms with Crippen LogP contribution in [0.2, 0.25) is 0 Å². The first-order valence-electron chi connectivity index (χ1n) is 12.4. The smallest absolute Gasteiger partial charge is 0.416 e. The fourth-order valence-electron chi connectivity index (χ4n) is 4.97. The van der Waals surface area contributed by atoms with E-state index in [1.54, 1.807) is 13.3 Å². The zero-order valence-corrected chi connectivity index (χ0v) is 20.7. The Balaban J connectivity index is 1.32. The molecule has 2 aromatic carbocycles. The number of methoxy groups -OCH3 is 1. The van der Waals surface area contributed by atoms with E-state index < -0.39 is 17.8 Å². The molecule has 8 heteroatoms. The third-order valence-corrected chi connectivity index (χ3v) is 7.11. The average molecular weight is 513 g/mol. The summed E-state index contributed by atoms with van der Waals surface area (Å²) in [5.41, 5.74) is 1.47. The molecule has 1 aliphatic rings. The number of pyridine rings is 1. The number of benzene rings is 2. The van der Waals surface area contributed by atoms with Crippen molar-refractivity contribution in [2.24, 2.45) is 11.8 Å². The van der Waals surface area contributed by atoms with Gasteiger partial charge in [0.25, 0.3) is 0 Å². The minimum atomic E-state index is -4.36. The van der Waals surface area contributed by atoms with E-state index in [9.17, 15) is 23.4 Å². The molecule has 3 aromatic rings. The molecule has 4 rings (SSSR count). The van der Waals surface area contributed by atoms with Crippen LogP contribution in [0.25, 0.3) is 10.9 Å². The van der Waals surface area contributed by atoms with Crippen LogP contribution in [0, 0.1) is 23.7 Å². The normalized spacial score (nSPS) is 19.3. The van der Waals surface area contributed by atoms with Crippen molar-refractivity contribution in [3.8, 4) is 17.6 Å². The summed E-state index contributed by atoms with van der Waals surface area (Å²) in [6.45, 7) is 2.04. The molecule has 3 atom stereocenters. The Bertz CT molecular complexity index is 1250. The van der Waals surface area contributed by atoms with Gasteiger partial charge >= 0.3 is 6.18 Å². The number of halogens is 3. The number of nitrogens with zero attached hydrogens (tertiary/aromatic N) is 2. The third kappa shape index (κ3) is 6.80. The highest BCUT2D eigenvalue weighted by Crippen LogP contribution is 2.33. The van der Waals surface area contributed by atoms with Crippen LogP contribution < -0.4 is 4.74 Å². The fraction of sp³-hybridized carbons (Fsp3) is 0.414. The summed E-state index contributed by atoms with van der Waals surface area (Å²) in [5.74, 6) is 7.03. The van der Waals surface area contributed by atoms with Crippen molar-refractivity contribution in [3.05, 3.63) is 71.4 Å². The summed E-state index contributed by atoms with van der Waals surface area (Å²) in [5, 5.41) is 21.9. The van der Waals surface area contributed by atoms with E-state index in [1.807, 2.05) is 24.3 Å². The number of hydrogen-bond donors (Lipinski definition) is 2. The monoisotopic (exact) mass is 512 g/mol. The summed E-state index contributed by atoms with van der Waals surface area (Å²) in [7, 11) is 1.61. The highest BCUT2D eigenvalue weighted by Gasteiger charge is 2.30. The second-order valence-electron chi connectivity index (χ2n) is 9.48. The summed E-state index contributed by atoms with van der Waals surface area (Å²) in [4.78, 5) is 6.54. The zero-order valence-electron chi connectivity index (χ0n) is 20.7. The topological polar surface area (TPSA) is 65.8 Å². The third-order valence-electron chi connectivity index (χ3n) is 7.11. The van der Waals surface area contributed by atoms with Crippen LogP contribution >= 0.6 is 0 Å². The van der Waals surface area contributed by atoms with Crippen LogP contribution in [0.5, 0.6) is 5.75 Å². The maximum absolute atomic E-state index is 12.7. The molecule has 2 N–H and O–H groups in total. The van der Waals surface area contributed by atoms with E-state index in [4.69, 9.17) is 4.74 Å². The highest BCUT2D eigenvalue weighted by atomic mass is 19.4. The fourth-order valence-corrected chi connectivity index (χ4v) is 4.97. The molecule has 0 spiro atoms. The van der Waals surface area contributed by atoms with Gasteiger partial charge in [0.05, 0.1) is 30.8 Å². The first-order chi connectivity index (χ1) is 17.8. The number of aromatic nitrogens is 1. The molecule has 0 aliphatic carbocycles. The predicted octanol–water partition coefficient (Wildman–Crippen LogP) is 5.06. The van der Waals surface area contributed by atoms with Crippen molar-refractivity contribution in [2.75, 3.05) is 33.4 Å². The molecule has 1 aliphatic heterocycles. The summed E-state index contributed by atoms with van der Waals surface area (Å²) >= 11 is 0. The molecule has 0 bridgehead atoms. The van der Waals surface area contributed by atoms with Gasteiger partial charge in [0.2, 0.25) is 0 Å². The maximum atomic E-state index is 12.7. The standard InChI is InChI=1S/C29H31F3N2O3/c1-37-24-9-10-27-26(17-24)25(12-14-33-27)28(36)11-6-21-13-16-34(18-22(21)19-35)15-2-3-20-4-7-23(8-5-20)29(30,31)32/h4-5,7-10,12,14,17,21-22,28,35-36H,6,11,13,15-16,18-19H2,1H3/t21-,22-,28+/m1/s1. The van der Waals surface area contributed by atoms with E-state index in [2.05, 4.69) is 21.7 Å². The first-order valence-corrected chi connectivity index (χ1v) is 12.4. The van der Waals surface area contributed by atoms with Crippen molar-refractivity contribution < 1.29 is 28.1 Å². The van der Waals surface area contributed by atoms with Gasteiger partial charge in [0.1, 0.15) is 5.75 Å². The van der Waals surface area contributed by atoms with Crippen molar-refractivity contribution in [1.29, 1.82) is 0 Å². The molecule has 0 amide bonds. The quantitative estimate of drug-likeness (QED) is 0.434. The molecule has 1 fully saturated rings. The number of ether oxygens (including phenoxy) is 1. The molecule has 1 aromatic heterocycles. The van der Waals surface area contributed by atoms with E-state index >= 15 is 0 Å². The van der Waals surface area contributed by atoms with Crippen LogP contribution in [0.3, 0.4) is 0 Å². The predicted molar refractivity (Wildman–Crippen MR) is 136 cm³/mol. The average Bonchev–Trinajstić information content (AvgIpc) is 2.91. The lowest BCUT2D eigenvalue weighted by molar-refractivity contribution is -0.137. The van der Waals surface area contributed by atoms with E-state index in [1.165, 1.54) is 12.1 Å². The summed E-state index contributed by atoms with van der Waals surface area (Å²) in [6, 6.07) is 12.3. The Morgan fingerprint density at radius 3 is 2.62 bits per heavy atom. The van der Waals surface area contributed by atoms with Crippen molar-refractivity contribution in [1.82, 2.24) is 9.88 Å². The Labute approximate surface area is 214 Å². The number of piperidine rings is 1. The number of rotatable bonds is 7. The van der Waals surface area contributed by atoms with E-state index in [-0.39, 0.29) is 18.4 Å². The number of fused-ring (bicyclic) bond motifs is 1. The molecule has 0 saturated carbocycles. The second kappa shape index (κ2) is 12.0. The van der Waals surface area contributed by atoms with Gasteiger partial charge in [-0.3, -0.25) is 9.88 Å². The maximum Gasteiger partial charge on any atom is 0.416 e. The molecule has 37 heavy (non-hydrogen) atoms. The van der Waals surface area contributed by atoms with Gasteiger partial charge in [-0.15, -0.1) is 0 Å². The first kappa shape index (κ1) is 26.9.